The molecule has 1 fully saturated rings. The number of carbonyl (C=O) groups is 2. The number of halogens is 1. The van der Waals surface area contributed by atoms with Crippen molar-refractivity contribution in [3.8, 4) is 0 Å². The number of carbonyl (C=O) groups excluding carboxylic acids is 2. The second-order valence-electron chi connectivity index (χ2n) is 5.94. The Morgan fingerprint density at radius 3 is 2.21 bits per heavy atom. The molecule has 4 nitrogen and oxygen atoms in total. The summed E-state index contributed by atoms with van der Waals surface area (Å²) in [5.41, 5.74) is 4.92. The van der Waals surface area contributed by atoms with E-state index in [0.29, 0.717) is 11.6 Å². The summed E-state index contributed by atoms with van der Waals surface area (Å²) >= 11 is 0. The van der Waals surface area contributed by atoms with Crippen LogP contribution in [0.4, 0.5) is 10.1 Å². The van der Waals surface area contributed by atoms with Gasteiger partial charge < -0.3 is 0 Å². The highest BCUT2D eigenvalue weighted by molar-refractivity contribution is 6.31. The maximum Gasteiger partial charge on any atom is 0.282 e. The first-order valence-electron chi connectivity index (χ1n) is 7.68. The van der Waals surface area contributed by atoms with Gasteiger partial charge in [0.1, 0.15) is 11.4 Å². The van der Waals surface area contributed by atoms with Gasteiger partial charge in [0.25, 0.3) is 11.8 Å². The van der Waals surface area contributed by atoms with Crippen LogP contribution in [0.25, 0.3) is 6.08 Å². The third kappa shape index (κ3) is 3.06. The number of nitrogens with zero attached hydrogens (tertiary/aromatic N) is 1. The highest BCUT2D eigenvalue weighted by atomic mass is 19.1. The fourth-order valence-electron chi connectivity index (χ4n) is 2.47. The Kier molecular flexibility index (Phi) is 4.16. The highest BCUT2D eigenvalue weighted by Crippen LogP contribution is 2.22. The fraction of sp³-hybridized carbons (Fsp3) is 0.158. The summed E-state index contributed by atoms with van der Waals surface area (Å²) < 4.78 is 13.0. The van der Waals surface area contributed by atoms with E-state index in [0.717, 1.165) is 10.6 Å². The smallest absolute Gasteiger partial charge is 0.267 e. The van der Waals surface area contributed by atoms with Crippen LogP contribution in [-0.2, 0) is 9.59 Å². The average molecular weight is 324 g/mol. The molecule has 0 saturated carbocycles. The van der Waals surface area contributed by atoms with E-state index in [1.54, 1.807) is 6.08 Å². The Labute approximate surface area is 139 Å². The minimum Gasteiger partial charge on any atom is -0.267 e. The van der Waals surface area contributed by atoms with E-state index in [9.17, 15) is 14.0 Å². The highest BCUT2D eigenvalue weighted by Gasteiger charge is 2.34. The lowest BCUT2D eigenvalue weighted by molar-refractivity contribution is -0.117. The topological polar surface area (TPSA) is 49.4 Å². The lowest BCUT2D eigenvalue weighted by Gasteiger charge is -2.14. The van der Waals surface area contributed by atoms with Crippen molar-refractivity contribution in [2.75, 3.05) is 5.01 Å². The minimum absolute atomic E-state index is 0.0524. The Balaban J connectivity index is 1.87. The number of hydrogen-bond acceptors (Lipinski definition) is 2. The van der Waals surface area contributed by atoms with E-state index in [1.807, 2.05) is 24.3 Å². The predicted molar refractivity (Wildman–Crippen MR) is 90.5 cm³/mol. The molecule has 1 saturated heterocycles. The standard InChI is InChI=1S/C19H17FN2O2/c1-12(2)14-5-3-13(4-6-14)11-17-18(23)21-22(19(17)24)16-9-7-15(20)8-10-16/h3-12H,1-2H3,(H,21,23). The predicted octanol–water partition coefficient (Wildman–Crippen LogP) is 3.41. The largest absolute Gasteiger partial charge is 0.282 e. The number of amides is 2. The van der Waals surface area contributed by atoms with Gasteiger partial charge in [-0.2, -0.15) is 0 Å². The zero-order valence-electron chi connectivity index (χ0n) is 13.4. The third-order valence-electron chi connectivity index (χ3n) is 3.89. The van der Waals surface area contributed by atoms with E-state index in [1.165, 1.54) is 29.8 Å². The fourth-order valence-corrected chi connectivity index (χ4v) is 2.47. The monoisotopic (exact) mass is 324 g/mol. The molecule has 122 valence electrons. The van der Waals surface area contributed by atoms with Crippen LogP contribution in [0.2, 0.25) is 0 Å². The molecule has 1 aliphatic rings. The molecule has 1 N–H and O–H groups in total. The maximum atomic E-state index is 13.0. The zero-order valence-corrected chi connectivity index (χ0v) is 13.4. The maximum absolute atomic E-state index is 13.0. The summed E-state index contributed by atoms with van der Waals surface area (Å²) in [6.45, 7) is 4.20. The van der Waals surface area contributed by atoms with Crippen molar-refractivity contribution in [3.63, 3.8) is 0 Å². The number of rotatable bonds is 3. The molecule has 0 aromatic heterocycles. The zero-order chi connectivity index (χ0) is 17.3. The average Bonchev–Trinajstić information content (AvgIpc) is 2.84. The van der Waals surface area contributed by atoms with Crippen LogP contribution in [0.15, 0.2) is 54.1 Å². The van der Waals surface area contributed by atoms with Crippen molar-refractivity contribution in [1.82, 2.24) is 5.43 Å². The van der Waals surface area contributed by atoms with Crippen molar-refractivity contribution in [3.05, 3.63) is 71.0 Å². The van der Waals surface area contributed by atoms with Gasteiger partial charge in [-0.05, 0) is 47.4 Å². The Hall–Kier alpha value is -2.95. The molecule has 2 aromatic rings. The number of hydrogen-bond donors (Lipinski definition) is 1. The van der Waals surface area contributed by atoms with Crippen molar-refractivity contribution in [2.24, 2.45) is 0 Å². The van der Waals surface area contributed by atoms with E-state index in [4.69, 9.17) is 0 Å². The van der Waals surface area contributed by atoms with Crippen molar-refractivity contribution < 1.29 is 14.0 Å². The summed E-state index contributed by atoms with van der Waals surface area (Å²) in [5.74, 6) is -0.924. The summed E-state index contributed by atoms with van der Waals surface area (Å²) in [6.07, 6.45) is 1.56. The molecule has 2 aromatic carbocycles. The first-order chi connectivity index (χ1) is 11.5. The van der Waals surface area contributed by atoms with Crippen LogP contribution in [0, 0.1) is 5.82 Å². The number of nitrogens with one attached hydrogen (secondary N) is 1. The molecule has 2 amide bonds. The molecule has 0 aliphatic carbocycles. The van der Waals surface area contributed by atoms with E-state index >= 15 is 0 Å². The quantitative estimate of drug-likeness (QED) is 0.695. The molecule has 0 spiro atoms. The second kappa shape index (κ2) is 6.28. The molecule has 0 unspecified atom stereocenters. The van der Waals surface area contributed by atoms with Crippen LogP contribution in [-0.4, -0.2) is 11.8 Å². The van der Waals surface area contributed by atoms with Crippen LogP contribution >= 0.6 is 0 Å². The van der Waals surface area contributed by atoms with Crippen molar-refractivity contribution in [2.45, 2.75) is 19.8 Å². The van der Waals surface area contributed by atoms with E-state index in [-0.39, 0.29) is 5.57 Å². The molecule has 24 heavy (non-hydrogen) atoms. The van der Waals surface area contributed by atoms with E-state index in [2.05, 4.69) is 19.3 Å². The third-order valence-corrected chi connectivity index (χ3v) is 3.89. The van der Waals surface area contributed by atoms with Gasteiger partial charge in [-0.25, -0.2) is 9.40 Å². The second-order valence-corrected chi connectivity index (χ2v) is 5.94. The first-order valence-corrected chi connectivity index (χ1v) is 7.68. The van der Waals surface area contributed by atoms with Gasteiger partial charge in [0.05, 0.1) is 5.69 Å². The van der Waals surface area contributed by atoms with Gasteiger partial charge >= 0.3 is 0 Å². The molecular formula is C19H17FN2O2. The van der Waals surface area contributed by atoms with E-state index < -0.39 is 17.6 Å². The van der Waals surface area contributed by atoms with Crippen LogP contribution in [0.5, 0.6) is 0 Å². The number of hydrazine groups is 1. The Morgan fingerprint density at radius 2 is 1.62 bits per heavy atom. The lowest BCUT2D eigenvalue weighted by Crippen LogP contribution is -2.35. The normalized spacial score (nSPS) is 16.2. The van der Waals surface area contributed by atoms with Crippen molar-refractivity contribution in [1.29, 1.82) is 0 Å². The summed E-state index contributed by atoms with van der Waals surface area (Å²) in [5, 5.41) is 1.12. The van der Waals surface area contributed by atoms with Gasteiger partial charge in [0.15, 0.2) is 0 Å². The summed E-state index contributed by atoms with van der Waals surface area (Å²) in [6, 6.07) is 13.1. The SMILES string of the molecule is CC(C)c1ccc(C=C2C(=O)NN(c3ccc(F)cc3)C2=O)cc1. The van der Waals surface area contributed by atoms with Crippen molar-refractivity contribution >= 4 is 23.6 Å². The molecule has 0 radical (unpaired) electrons. The molecule has 1 heterocycles. The minimum atomic E-state index is -0.475. The van der Waals surface area contributed by atoms with Gasteiger partial charge in [0, 0.05) is 0 Å². The van der Waals surface area contributed by atoms with Gasteiger partial charge in [-0.3, -0.25) is 15.0 Å². The number of anilines is 1. The Morgan fingerprint density at radius 1 is 1.00 bits per heavy atom. The van der Waals surface area contributed by atoms with Crippen LogP contribution in [0.3, 0.4) is 0 Å². The molecule has 5 heteroatoms. The van der Waals surface area contributed by atoms with Crippen LogP contribution in [0.1, 0.15) is 30.9 Å². The molecule has 0 bridgehead atoms. The van der Waals surface area contributed by atoms with Gasteiger partial charge in [-0.15, -0.1) is 0 Å². The summed E-state index contributed by atoms with van der Waals surface area (Å²) in [4.78, 5) is 24.6. The van der Waals surface area contributed by atoms with Gasteiger partial charge in [-0.1, -0.05) is 38.1 Å². The van der Waals surface area contributed by atoms with Crippen LogP contribution < -0.4 is 10.4 Å². The summed E-state index contributed by atoms with van der Waals surface area (Å²) in [7, 11) is 0. The first kappa shape index (κ1) is 15.9. The molecule has 3 rings (SSSR count). The molecular weight excluding hydrogens is 307 g/mol. The molecule has 1 aliphatic heterocycles. The Bertz CT molecular complexity index is 808. The molecule has 0 atom stereocenters. The van der Waals surface area contributed by atoms with Gasteiger partial charge in [0.2, 0.25) is 0 Å². The lowest BCUT2D eigenvalue weighted by atomic mass is 10.0. The number of benzene rings is 2.